The maximum atomic E-state index is 5.82. The molecule has 0 N–H and O–H groups in total. The van der Waals surface area contributed by atoms with Gasteiger partial charge in [-0.05, 0) is 20.8 Å². The summed E-state index contributed by atoms with van der Waals surface area (Å²) in [4.78, 5) is 25.2. The van der Waals surface area contributed by atoms with Gasteiger partial charge in [0, 0.05) is 64.2 Å². The van der Waals surface area contributed by atoms with E-state index in [1.165, 1.54) is 0 Å². The molecule has 0 spiro atoms. The number of alkyl halides is 9. The maximum absolute atomic E-state index is 5.82. The van der Waals surface area contributed by atoms with E-state index in [-0.39, 0.29) is 28.3 Å². The van der Waals surface area contributed by atoms with Gasteiger partial charge >= 0.3 is 18.0 Å². The summed E-state index contributed by atoms with van der Waals surface area (Å²) in [7, 11) is 0. The van der Waals surface area contributed by atoms with Crippen LogP contribution in [0.4, 0.5) is 0 Å². The predicted molar refractivity (Wildman–Crippen MR) is 202 cm³/mol. The summed E-state index contributed by atoms with van der Waals surface area (Å²) in [5, 5.41) is 7.21. The number of halogens is 9. The molecule has 0 saturated carbocycles. The average Bonchev–Trinajstić information content (AvgIpc) is 3.00. The molecule has 0 amide bonds. The third-order valence-electron chi connectivity index (χ3n) is 5.62. The summed E-state index contributed by atoms with van der Waals surface area (Å²) < 4.78 is 17.3. The molecule has 18 heteroatoms. The summed E-state index contributed by atoms with van der Waals surface area (Å²) in [5.74, 6) is 1.91. The zero-order valence-corrected chi connectivity index (χ0v) is 37.6. The summed E-state index contributed by atoms with van der Waals surface area (Å²) in [6.45, 7) is 6.92. The fourth-order valence-corrected chi connectivity index (χ4v) is 12.3. The number of aryl methyl sites for hydroxylation is 3. The Hall–Kier alpha value is 1.74. The van der Waals surface area contributed by atoms with Crippen molar-refractivity contribution in [2.24, 2.45) is 16.2 Å². The first-order valence-corrected chi connectivity index (χ1v) is 22.4. The Morgan fingerprint density at radius 2 is 0.595 bits per heavy atom. The first-order valence-electron chi connectivity index (χ1n) is 12.3. The molecule has 0 saturated heterocycles. The van der Waals surface area contributed by atoms with Gasteiger partial charge in [0.2, 0.25) is 0 Å². The monoisotopic (exact) mass is 1160 g/mol. The molecule has 2 aromatic rings. The normalized spacial score (nSPS) is 12.0. The topological polar surface area (TPSA) is 105 Å². The van der Waals surface area contributed by atoms with Crippen molar-refractivity contribution in [3.8, 4) is 18.0 Å². The molecule has 0 aliphatic carbocycles. The van der Waals surface area contributed by atoms with Crippen LogP contribution in [0, 0.1) is 37.0 Å². The van der Waals surface area contributed by atoms with Crippen molar-refractivity contribution in [3.05, 3.63) is 17.5 Å². The average molecular weight is 1170 g/mol. The molecule has 2 aromatic heterocycles. The third kappa shape index (κ3) is 13.8. The number of hydrogen-bond donors (Lipinski definition) is 0. The van der Waals surface area contributed by atoms with E-state index in [0.29, 0.717) is 43.3 Å². The molecule has 0 aromatic carbocycles. The van der Waals surface area contributed by atoms with E-state index in [2.05, 4.69) is 173 Å². The second kappa shape index (κ2) is 21.6. The number of hydrogen-bond acceptors (Lipinski definition) is 9. The lowest BCUT2D eigenvalue weighted by Crippen LogP contribution is -2.35. The smallest absolute Gasteiger partial charge is 0.322 e. The highest BCUT2D eigenvalue weighted by Crippen LogP contribution is 2.29. The minimum Gasteiger partial charge on any atom is -0.463 e. The molecule has 0 aliphatic heterocycles. The van der Waals surface area contributed by atoms with Crippen molar-refractivity contribution in [1.29, 1.82) is 0 Å². The van der Waals surface area contributed by atoms with Gasteiger partial charge in [-0.25, -0.2) is 4.98 Å². The molecule has 0 atom stereocenters. The van der Waals surface area contributed by atoms with Crippen molar-refractivity contribution in [2.45, 2.75) is 20.8 Å². The van der Waals surface area contributed by atoms with Gasteiger partial charge in [0.05, 0.1) is 19.8 Å². The Morgan fingerprint density at radius 3 is 0.833 bits per heavy atom. The molecule has 0 bridgehead atoms. The van der Waals surface area contributed by atoms with Crippen LogP contribution in [0.1, 0.15) is 17.5 Å². The molecule has 0 aliphatic rings. The lowest BCUT2D eigenvalue weighted by molar-refractivity contribution is 0.177. The summed E-state index contributed by atoms with van der Waals surface area (Å²) in [6.07, 6.45) is 0. The molecule has 9 nitrogen and oxygen atoms in total. The van der Waals surface area contributed by atoms with Crippen molar-refractivity contribution in [1.82, 2.24) is 29.9 Å². The molecule has 240 valence electrons. The molecular formula is C24H33Br9N6O3. The van der Waals surface area contributed by atoms with Gasteiger partial charge in [-0.1, -0.05) is 143 Å². The highest BCUT2D eigenvalue weighted by Gasteiger charge is 2.30. The lowest BCUT2D eigenvalue weighted by atomic mass is 9.98. The van der Waals surface area contributed by atoms with E-state index in [1.807, 2.05) is 13.8 Å². The van der Waals surface area contributed by atoms with Crippen LogP contribution in [-0.4, -0.2) is 97.7 Å². The van der Waals surface area contributed by atoms with Crippen LogP contribution in [0.25, 0.3) is 0 Å². The maximum Gasteiger partial charge on any atom is 0.322 e. The fourth-order valence-electron chi connectivity index (χ4n) is 2.53. The number of ether oxygens (including phenoxy) is 3. The van der Waals surface area contributed by atoms with Crippen molar-refractivity contribution in [2.75, 3.05) is 67.8 Å². The van der Waals surface area contributed by atoms with Crippen LogP contribution in [0.5, 0.6) is 18.0 Å². The third-order valence-corrected chi connectivity index (χ3v) is 16.3. The Balaban J connectivity index is 0.000000452. The van der Waals surface area contributed by atoms with E-state index in [9.17, 15) is 0 Å². The van der Waals surface area contributed by atoms with Crippen LogP contribution < -0.4 is 14.2 Å². The molecule has 2 heterocycles. The Morgan fingerprint density at radius 1 is 0.381 bits per heavy atom. The van der Waals surface area contributed by atoms with Gasteiger partial charge in [0.1, 0.15) is 17.5 Å². The SMILES string of the molecule is Cc1nc(C)nc(OCC(CBr)(CBr)CBr)n1.Cc1nc(OCC(CBr)(CBr)CBr)nc(OCC(CBr)(CBr)CBr)n1. The molecule has 0 radical (unpaired) electrons. The Bertz CT molecular complexity index is 977. The molecular weight excluding hydrogens is 1140 g/mol. The minimum atomic E-state index is -0.0847. The zero-order valence-electron chi connectivity index (χ0n) is 23.3. The standard InChI is InChI=1S/C14H19Br6N3O2.C10H14Br3N3O/c1-10-21-11(24-8-13(2-15,3-16)4-17)23-12(22-10)25-9-14(5-18,6-19)7-20;1-7-14-8(2)16-9(15-7)17-6-10(3-11,4-12)5-13/h2-9H2,1H3;3-6H2,1-2H3. The van der Waals surface area contributed by atoms with Gasteiger partial charge in [0.25, 0.3) is 0 Å². The van der Waals surface area contributed by atoms with Crippen molar-refractivity contribution >= 4 is 143 Å². The fraction of sp³-hybridized carbons (Fsp3) is 0.750. The van der Waals surface area contributed by atoms with E-state index < -0.39 is 0 Å². The zero-order chi connectivity index (χ0) is 31.8. The minimum absolute atomic E-state index is 0.00552. The second-order valence-corrected chi connectivity index (χ2v) is 14.8. The van der Waals surface area contributed by atoms with E-state index >= 15 is 0 Å². The first-order chi connectivity index (χ1) is 20.0. The van der Waals surface area contributed by atoms with Gasteiger partial charge in [-0.15, -0.1) is 4.98 Å². The highest BCUT2D eigenvalue weighted by atomic mass is 79.9. The summed E-state index contributed by atoms with van der Waals surface area (Å²) in [6, 6.07) is 0.941. The van der Waals surface area contributed by atoms with Crippen LogP contribution >= 0.6 is 143 Å². The van der Waals surface area contributed by atoms with Gasteiger partial charge in [0.15, 0.2) is 0 Å². The number of rotatable bonds is 18. The molecule has 2 rings (SSSR count). The molecule has 42 heavy (non-hydrogen) atoms. The van der Waals surface area contributed by atoms with Crippen LogP contribution in [0.2, 0.25) is 0 Å². The van der Waals surface area contributed by atoms with Crippen molar-refractivity contribution in [3.63, 3.8) is 0 Å². The van der Waals surface area contributed by atoms with Gasteiger partial charge in [-0.3, -0.25) is 0 Å². The quantitative estimate of drug-likeness (QED) is 0.136. The van der Waals surface area contributed by atoms with Gasteiger partial charge < -0.3 is 14.2 Å². The summed E-state index contributed by atoms with van der Waals surface area (Å²) in [5.41, 5.74) is -0.175. The number of nitrogens with zero attached hydrogens (tertiary/aromatic N) is 6. The van der Waals surface area contributed by atoms with Crippen LogP contribution in [0.15, 0.2) is 0 Å². The summed E-state index contributed by atoms with van der Waals surface area (Å²) >= 11 is 31.7. The van der Waals surface area contributed by atoms with Crippen molar-refractivity contribution < 1.29 is 14.2 Å². The van der Waals surface area contributed by atoms with E-state index in [0.717, 1.165) is 48.0 Å². The molecule has 0 fully saturated rings. The van der Waals surface area contributed by atoms with Gasteiger partial charge in [-0.2, -0.15) is 19.9 Å². The Kier molecular flexibility index (Phi) is 21.5. The number of aromatic nitrogens is 6. The lowest BCUT2D eigenvalue weighted by Gasteiger charge is -2.27. The largest absolute Gasteiger partial charge is 0.463 e. The highest BCUT2D eigenvalue weighted by molar-refractivity contribution is 9.11. The second-order valence-electron chi connectivity index (χ2n) is 9.73. The Labute approximate surface area is 324 Å². The van der Waals surface area contributed by atoms with E-state index in [1.54, 1.807) is 6.92 Å². The predicted octanol–water partition coefficient (Wildman–Crippen LogP) is 8.32. The van der Waals surface area contributed by atoms with Crippen LogP contribution in [-0.2, 0) is 0 Å². The molecule has 0 unspecified atom stereocenters. The first kappa shape index (κ1) is 41.8. The van der Waals surface area contributed by atoms with E-state index in [4.69, 9.17) is 14.2 Å². The van der Waals surface area contributed by atoms with Crippen LogP contribution in [0.3, 0.4) is 0 Å².